The van der Waals surface area contributed by atoms with Crippen LogP contribution in [0.2, 0.25) is 0 Å². The van der Waals surface area contributed by atoms with Gasteiger partial charge in [0.05, 0.1) is 66.5 Å². The molecule has 6 heteroatoms. The third kappa shape index (κ3) is 5.50. The van der Waals surface area contributed by atoms with Gasteiger partial charge in [-0.05, 0) is 77.8 Å². The molecule has 0 saturated heterocycles. The highest BCUT2D eigenvalue weighted by molar-refractivity contribution is 6.18. The summed E-state index contributed by atoms with van der Waals surface area (Å²) in [5, 5.41) is 5.99. The quantitative estimate of drug-likeness (QED) is 0.167. The number of rotatable bonds is 6. The standard InChI is InChI=1S/C64H40N6/c1-2-20-41(21-3-1)67-58-37-17-10-28-50(58)62-48(29-18-38-59(62)67)49-30-19-39-60(68-52-31-11-4-22-42(52)43-23-5-12-32-53(43)68)63(49)51-40-61(69-54-33-13-6-24-44(54)45-25-7-14-34-55(45)69)66-64(65-51)70-56-35-15-8-26-46(56)47-27-9-16-36-57(47)70/h1-40H/i6D,7D,13D,14D,24D,25D,33D,34D. The minimum atomic E-state index is -0.527. The molecule has 0 fully saturated rings. The summed E-state index contributed by atoms with van der Waals surface area (Å²) in [5.41, 5.74) is 10.2. The Labute approximate surface area is 413 Å². The molecule has 0 spiro atoms. The van der Waals surface area contributed by atoms with Crippen LogP contribution in [0.3, 0.4) is 0 Å². The minimum Gasteiger partial charge on any atom is -0.309 e. The van der Waals surface area contributed by atoms with Gasteiger partial charge in [-0.15, -0.1) is 0 Å². The second-order valence-electron chi connectivity index (χ2n) is 17.5. The van der Waals surface area contributed by atoms with Crippen LogP contribution in [0.1, 0.15) is 11.0 Å². The van der Waals surface area contributed by atoms with E-state index >= 15 is 0 Å². The topological polar surface area (TPSA) is 45.5 Å². The van der Waals surface area contributed by atoms with Gasteiger partial charge in [-0.1, -0.05) is 170 Å². The summed E-state index contributed by atoms with van der Waals surface area (Å²) in [6.07, 6.45) is 0. The van der Waals surface area contributed by atoms with Gasteiger partial charge in [0.2, 0.25) is 5.95 Å². The van der Waals surface area contributed by atoms with Crippen LogP contribution in [0.15, 0.2) is 242 Å². The van der Waals surface area contributed by atoms with Crippen LogP contribution in [0.5, 0.6) is 0 Å². The van der Waals surface area contributed by atoms with Gasteiger partial charge in [0.15, 0.2) is 0 Å². The maximum absolute atomic E-state index is 9.58. The molecule has 10 aromatic carbocycles. The van der Waals surface area contributed by atoms with Gasteiger partial charge in [-0.3, -0.25) is 9.13 Å². The van der Waals surface area contributed by atoms with Gasteiger partial charge in [-0.25, -0.2) is 4.98 Å². The lowest BCUT2D eigenvalue weighted by Gasteiger charge is -2.20. The molecule has 5 aromatic heterocycles. The average Bonchev–Trinajstić information content (AvgIpc) is 4.26. The summed E-state index contributed by atoms with van der Waals surface area (Å²) in [6, 6.07) is 62.1. The molecule has 0 saturated carbocycles. The van der Waals surface area contributed by atoms with Crippen molar-refractivity contribution in [2.45, 2.75) is 0 Å². The van der Waals surface area contributed by atoms with E-state index in [1.165, 1.54) is 4.57 Å². The highest BCUT2D eigenvalue weighted by atomic mass is 15.2. The molecule has 0 aliphatic carbocycles. The molecule has 0 aliphatic heterocycles. The number of benzene rings is 10. The molecule has 0 N–H and O–H groups in total. The molecule has 6 nitrogen and oxygen atoms in total. The van der Waals surface area contributed by atoms with E-state index in [-0.39, 0.29) is 33.6 Å². The molecule has 0 atom stereocenters. The van der Waals surface area contributed by atoms with E-state index in [2.05, 4.69) is 118 Å². The van der Waals surface area contributed by atoms with Crippen LogP contribution in [0.25, 0.3) is 133 Å². The van der Waals surface area contributed by atoms with Crippen molar-refractivity contribution in [2.75, 3.05) is 0 Å². The van der Waals surface area contributed by atoms with Crippen molar-refractivity contribution in [3.05, 3.63) is 242 Å². The third-order valence-corrected chi connectivity index (χ3v) is 13.9. The van der Waals surface area contributed by atoms with E-state index in [1.807, 2.05) is 83.4 Å². The Kier molecular flexibility index (Phi) is 6.74. The monoisotopic (exact) mass is 900 g/mol. The number of fused-ring (bicyclic) bond motifs is 12. The maximum Gasteiger partial charge on any atom is 0.237 e. The zero-order chi connectivity index (χ0) is 52.8. The lowest BCUT2D eigenvalue weighted by Crippen LogP contribution is -2.09. The fourth-order valence-corrected chi connectivity index (χ4v) is 11.1. The van der Waals surface area contributed by atoms with Gasteiger partial charge in [0, 0.05) is 60.4 Å². The Bertz CT molecular complexity index is 4910. The molecule has 0 amide bonds. The Hall–Kier alpha value is -9.52. The van der Waals surface area contributed by atoms with Gasteiger partial charge in [-0.2, -0.15) is 4.98 Å². The Morgan fingerprint density at radius 3 is 1.40 bits per heavy atom. The van der Waals surface area contributed by atoms with Crippen LogP contribution in [-0.4, -0.2) is 28.2 Å². The first-order valence-electron chi connectivity index (χ1n) is 27.2. The second-order valence-corrected chi connectivity index (χ2v) is 17.5. The summed E-state index contributed by atoms with van der Waals surface area (Å²) < 4.78 is 81.6. The third-order valence-electron chi connectivity index (χ3n) is 13.9. The molecule has 15 rings (SSSR count). The summed E-state index contributed by atoms with van der Waals surface area (Å²) in [5.74, 6) is 0.340. The maximum atomic E-state index is 9.58. The van der Waals surface area contributed by atoms with Gasteiger partial charge in [0.25, 0.3) is 0 Å². The Balaban J connectivity index is 1.16. The summed E-state index contributed by atoms with van der Waals surface area (Å²) in [6.45, 7) is 0. The summed E-state index contributed by atoms with van der Waals surface area (Å²) in [4.78, 5) is 11.1. The largest absolute Gasteiger partial charge is 0.309 e. The molecule has 0 bridgehead atoms. The molecule has 5 heterocycles. The van der Waals surface area contributed by atoms with E-state index < -0.39 is 48.3 Å². The smallest absolute Gasteiger partial charge is 0.237 e. The minimum absolute atomic E-state index is 0.0461. The molecule has 0 radical (unpaired) electrons. The van der Waals surface area contributed by atoms with Crippen LogP contribution >= 0.6 is 0 Å². The van der Waals surface area contributed by atoms with Crippen molar-refractivity contribution in [3.63, 3.8) is 0 Å². The van der Waals surface area contributed by atoms with Crippen LogP contribution in [0, 0.1) is 0 Å². The van der Waals surface area contributed by atoms with Crippen LogP contribution in [-0.2, 0) is 0 Å². The highest BCUT2D eigenvalue weighted by Gasteiger charge is 2.26. The first-order valence-corrected chi connectivity index (χ1v) is 23.2. The van der Waals surface area contributed by atoms with Crippen LogP contribution in [0.4, 0.5) is 0 Å². The average molecular weight is 901 g/mol. The molecular weight excluding hydrogens is 853 g/mol. The van der Waals surface area contributed by atoms with E-state index in [0.717, 1.165) is 87.9 Å². The highest BCUT2D eigenvalue weighted by Crippen LogP contribution is 2.46. The van der Waals surface area contributed by atoms with Crippen LogP contribution < -0.4 is 0 Å². The van der Waals surface area contributed by atoms with E-state index in [1.54, 1.807) is 6.07 Å². The molecule has 326 valence electrons. The van der Waals surface area contributed by atoms with E-state index in [4.69, 9.17) is 15.5 Å². The van der Waals surface area contributed by atoms with Crippen molar-refractivity contribution in [1.29, 1.82) is 0 Å². The van der Waals surface area contributed by atoms with E-state index in [9.17, 15) is 5.48 Å². The number of nitrogens with zero attached hydrogens (tertiary/aromatic N) is 6. The molecular formula is C64H40N6. The van der Waals surface area contributed by atoms with Gasteiger partial charge in [0.1, 0.15) is 5.82 Å². The van der Waals surface area contributed by atoms with Crippen molar-refractivity contribution >= 4 is 87.2 Å². The Morgan fingerprint density at radius 1 is 0.329 bits per heavy atom. The van der Waals surface area contributed by atoms with Gasteiger partial charge >= 0.3 is 0 Å². The van der Waals surface area contributed by atoms with Gasteiger partial charge < -0.3 is 9.13 Å². The van der Waals surface area contributed by atoms with Crippen molar-refractivity contribution in [3.8, 4) is 45.5 Å². The zero-order valence-corrected chi connectivity index (χ0v) is 37.2. The molecule has 15 aromatic rings. The molecule has 70 heavy (non-hydrogen) atoms. The zero-order valence-electron chi connectivity index (χ0n) is 45.2. The number of para-hydroxylation sites is 8. The fourth-order valence-electron chi connectivity index (χ4n) is 11.1. The summed E-state index contributed by atoms with van der Waals surface area (Å²) >= 11 is 0. The predicted molar refractivity (Wildman–Crippen MR) is 290 cm³/mol. The number of hydrogen-bond donors (Lipinski definition) is 0. The predicted octanol–water partition coefficient (Wildman–Crippen LogP) is 16.2. The SMILES string of the molecule is [2H]c1c([2H])c([2H])c2c(c1[2H])c1c([2H])c([2H])c([2H])c([2H])c1n2-c1cc(-c2c(-c3cccc4c3c3ccccc3n4-c3ccccc3)cccc2-n2c3ccccc3c3ccccc32)nc(-n2c3ccccc3c3ccccc32)n1. The van der Waals surface area contributed by atoms with Crippen molar-refractivity contribution in [1.82, 2.24) is 28.2 Å². The normalized spacial score (nSPS) is 13.6. The number of hydrogen-bond acceptors (Lipinski definition) is 2. The number of aromatic nitrogens is 6. The first kappa shape index (κ1) is 31.5. The molecule has 0 unspecified atom stereocenters. The van der Waals surface area contributed by atoms with E-state index in [0.29, 0.717) is 11.3 Å². The second kappa shape index (κ2) is 15.0. The van der Waals surface area contributed by atoms with Crippen molar-refractivity contribution in [2.24, 2.45) is 0 Å². The van der Waals surface area contributed by atoms with Crippen molar-refractivity contribution < 1.29 is 11.0 Å². The lowest BCUT2D eigenvalue weighted by atomic mass is 9.92. The first-order chi connectivity index (χ1) is 38.1. The molecule has 0 aliphatic rings. The summed E-state index contributed by atoms with van der Waals surface area (Å²) in [7, 11) is 0. The Morgan fingerprint density at radius 2 is 0.800 bits per heavy atom. The fraction of sp³-hybridized carbons (Fsp3) is 0. The lowest BCUT2D eigenvalue weighted by molar-refractivity contribution is 0.951.